The molecule has 1 amide bonds. The third-order valence-corrected chi connectivity index (χ3v) is 3.00. The zero-order valence-electron chi connectivity index (χ0n) is 12.0. The molecule has 0 atom stereocenters. The number of carbonyl (C=O) groups excluding carboxylic acids is 1. The summed E-state index contributed by atoms with van der Waals surface area (Å²) >= 11 is 0. The van der Waals surface area contributed by atoms with Crippen LogP contribution in [0, 0.1) is 5.41 Å². The van der Waals surface area contributed by atoms with Gasteiger partial charge in [0.1, 0.15) is 0 Å². The first kappa shape index (κ1) is 14.7. The van der Waals surface area contributed by atoms with Crippen LogP contribution in [0.15, 0.2) is 24.3 Å². The van der Waals surface area contributed by atoms with Gasteiger partial charge in [0.2, 0.25) is 5.91 Å². The van der Waals surface area contributed by atoms with Crippen LogP contribution in [-0.2, 0) is 11.2 Å². The van der Waals surface area contributed by atoms with Crippen LogP contribution in [0.5, 0.6) is 0 Å². The molecular weight excluding hydrogens is 222 g/mol. The zero-order chi connectivity index (χ0) is 13.6. The van der Waals surface area contributed by atoms with Crippen molar-refractivity contribution in [2.24, 2.45) is 5.41 Å². The first-order valence-corrected chi connectivity index (χ1v) is 6.84. The minimum absolute atomic E-state index is 0.0745. The van der Waals surface area contributed by atoms with E-state index in [0.29, 0.717) is 0 Å². The lowest BCUT2D eigenvalue weighted by atomic mass is 9.95. The molecule has 2 heteroatoms. The van der Waals surface area contributed by atoms with E-state index >= 15 is 0 Å². The third-order valence-electron chi connectivity index (χ3n) is 3.00. The molecule has 1 aromatic rings. The van der Waals surface area contributed by atoms with Gasteiger partial charge in [-0.25, -0.2) is 0 Å². The van der Waals surface area contributed by atoms with E-state index in [-0.39, 0.29) is 11.3 Å². The van der Waals surface area contributed by atoms with E-state index in [1.165, 1.54) is 24.8 Å². The number of amides is 1. The van der Waals surface area contributed by atoms with Gasteiger partial charge in [-0.1, -0.05) is 58.7 Å². The molecule has 2 nitrogen and oxygen atoms in total. The topological polar surface area (TPSA) is 29.1 Å². The van der Waals surface area contributed by atoms with Crippen molar-refractivity contribution in [3.63, 3.8) is 0 Å². The van der Waals surface area contributed by atoms with Crippen molar-refractivity contribution in [1.82, 2.24) is 0 Å². The van der Waals surface area contributed by atoms with Crippen molar-refractivity contribution in [3.8, 4) is 0 Å². The highest BCUT2D eigenvalue weighted by atomic mass is 16.2. The number of rotatable bonds is 5. The summed E-state index contributed by atoms with van der Waals surface area (Å²) in [5, 5.41) is 3.04. The lowest BCUT2D eigenvalue weighted by molar-refractivity contribution is -0.123. The SMILES string of the molecule is CCCCCc1ccccc1NC(=O)C(C)(C)C. The fraction of sp³-hybridized carbons (Fsp3) is 0.562. The average Bonchev–Trinajstić information content (AvgIpc) is 2.30. The number of hydrogen-bond acceptors (Lipinski definition) is 1. The summed E-state index contributed by atoms with van der Waals surface area (Å²) in [6.45, 7) is 8.00. The van der Waals surface area contributed by atoms with Crippen LogP contribution in [-0.4, -0.2) is 5.91 Å². The lowest BCUT2D eigenvalue weighted by Crippen LogP contribution is -2.28. The summed E-state index contributed by atoms with van der Waals surface area (Å²) in [6.07, 6.45) is 4.67. The lowest BCUT2D eigenvalue weighted by Gasteiger charge is -2.19. The van der Waals surface area contributed by atoms with Crippen molar-refractivity contribution in [2.75, 3.05) is 5.32 Å². The van der Waals surface area contributed by atoms with Gasteiger partial charge in [0, 0.05) is 11.1 Å². The largest absolute Gasteiger partial charge is 0.325 e. The molecular formula is C16H25NO. The van der Waals surface area contributed by atoms with Crippen LogP contribution in [0.2, 0.25) is 0 Å². The molecule has 18 heavy (non-hydrogen) atoms. The quantitative estimate of drug-likeness (QED) is 0.767. The standard InChI is InChI=1S/C16H25NO/c1-5-6-7-10-13-11-8-9-12-14(13)17-15(18)16(2,3)4/h8-9,11-12H,5-7,10H2,1-4H3,(H,17,18). The second kappa shape index (κ2) is 6.58. The highest BCUT2D eigenvalue weighted by Crippen LogP contribution is 2.21. The molecule has 0 bridgehead atoms. The zero-order valence-corrected chi connectivity index (χ0v) is 12.0. The minimum atomic E-state index is -0.351. The molecule has 100 valence electrons. The molecule has 1 N–H and O–H groups in total. The maximum atomic E-state index is 12.0. The van der Waals surface area contributed by atoms with Crippen LogP contribution < -0.4 is 5.32 Å². The molecule has 0 fully saturated rings. The molecule has 0 aromatic heterocycles. The van der Waals surface area contributed by atoms with Crippen LogP contribution in [0.1, 0.15) is 52.5 Å². The number of aryl methyl sites for hydroxylation is 1. The van der Waals surface area contributed by atoms with E-state index in [2.05, 4.69) is 18.3 Å². The number of benzene rings is 1. The monoisotopic (exact) mass is 247 g/mol. The summed E-state index contributed by atoms with van der Waals surface area (Å²) in [6, 6.07) is 8.11. The van der Waals surface area contributed by atoms with Crippen LogP contribution in [0.25, 0.3) is 0 Å². The molecule has 0 spiro atoms. The Kier molecular flexibility index (Phi) is 5.39. The number of anilines is 1. The van der Waals surface area contributed by atoms with Crippen LogP contribution >= 0.6 is 0 Å². The predicted molar refractivity (Wildman–Crippen MR) is 77.8 cm³/mol. The smallest absolute Gasteiger partial charge is 0.229 e. The first-order chi connectivity index (χ1) is 8.45. The summed E-state index contributed by atoms with van der Waals surface area (Å²) in [5.41, 5.74) is 1.85. The van der Waals surface area contributed by atoms with Crippen molar-refractivity contribution >= 4 is 11.6 Å². The second-order valence-corrected chi connectivity index (χ2v) is 5.82. The Labute approximate surface area is 111 Å². The molecule has 0 saturated carbocycles. The second-order valence-electron chi connectivity index (χ2n) is 5.82. The number of unbranched alkanes of at least 4 members (excludes halogenated alkanes) is 2. The Morgan fingerprint density at radius 3 is 2.44 bits per heavy atom. The maximum Gasteiger partial charge on any atom is 0.229 e. The van der Waals surface area contributed by atoms with Gasteiger partial charge in [0.25, 0.3) is 0 Å². The van der Waals surface area contributed by atoms with Crippen LogP contribution in [0.3, 0.4) is 0 Å². The third kappa shape index (κ3) is 4.52. The number of nitrogens with one attached hydrogen (secondary N) is 1. The van der Waals surface area contributed by atoms with Gasteiger partial charge >= 0.3 is 0 Å². The molecule has 0 aliphatic heterocycles. The van der Waals surface area contributed by atoms with E-state index < -0.39 is 0 Å². The van der Waals surface area contributed by atoms with E-state index in [4.69, 9.17) is 0 Å². The summed E-state index contributed by atoms with van der Waals surface area (Å²) < 4.78 is 0. The highest BCUT2D eigenvalue weighted by Gasteiger charge is 2.21. The van der Waals surface area contributed by atoms with Crippen molar-refractivity contribution in [2.45, 2.75) is 53.4 Å². The predicted octanol–water partition coefficient (Wildman–Crippen LogP) is 4.40. The van der Waals surface area contributed by atoms with E-state index in [1.807, 2.05) is 39.0 Å². The van der Waals surface area contributed by atoms with Crippen molar-refractivity contribution in [1.29, 1.82) is 0 Å². The van der Waals surface area contributed by atoms with Gasteiger partial charge in [0.15, 0.2) is 0 Å². The van der Waals surface area contributed by atoms with Gasteiger partial charge in [-0.15, -0.1) is 0 Å². The first-order valence-electron chi connectivity index (χ1n) is 6.84. The molecule has 0 radical (unpaired) electrons. The Hall–Kier alpha value is -1.31. The average molecular weight is 247 g/mol. The summed E-state index contributed by atoms with van der Waals surface area (Å²) in [5.74, 6) is 0.0745. The van der Waals surface area contributed by atoms with Crippen LogP contribution in [0.4, 0.5) is 5.69 Å². The summed E-state index contributed by atoms with van der Waals surface area (Å²) in [7, 11) is 0. The van der Waals surface area contributed by atoms with Gasteiger partial charge in [-0.3, -0.25) is 4.79 Å². The fourth-order valence-electron chi connectivity index (χ4n) is 1.74. The van der Waals surface area contributed by atoms with E-state index in [1.54, 1.807) is 0 Å². The Morgan fingerprint density at radius 2 is 1.83 bits per heavy atom. The maximum absolute atomic E-state index is 12.0. The molecule has 0 aliphatic rings. The number of carbonyl (C=O) groups is 1. The van der Waals surface area contributed by atoms with Crippen molar-refractivity contribution < 1.29 is 4.79 Å². The number of hydrogen-bond donors (Lipinski definition) is 1. The molecule has 1 rings (SSSR count). The Bertz CT molecular complexity index is 390. The highest BCUT2D eigenvalue weighted by molar-refractivity contribution is 5.95. The molecule has 0 aliphatic carbocycles. The Balaban J connectivity index is 2.73. The van der Waals surface area contributed by atoms with E-state index in [9.17, 15) is 4.79 Å². The van der Waals surface area contributed by atoms with Crippen molar-refractivity contribution in [3.05, 3.63) is 29.8 Å². The number of para-hydroxylation sites is 1. The fourth-order valence-corrected chi connectivity index (χ4v) is 1.74. The summed E-state index contributed by atoms with van der Waals surface area (Å²) in [4.78, 5) is 12.0. The molecule has 0 saturated heterocycles. The molecule has 0 heterocycles. The van der Waals surface area contributed by atoms with Gasteiger partial charge in [0.05, 0.1) is 0 Å². The molecule has 1 aromatic carbocycles. The van der Waals surface area contributed by atoms with E-state index in [0.717, 1.165) is 12.1 Å². The molecule has 0 unspecified atom stereocenters. The Morgan fingerprint density at radius 1 is 1.17 bits per heavy atom. The normalized spacial score (nSPS) is 11.3. The van der Waals surface area contributed by atoms with Gasteiger partial charge in [-0.2, -0.15) is 0 Å². The van der Waals surface area contributed by atoms with Gasteiger partial charge in [-0.05, 0) is 24.5 Å². The minimum Gasteiger partial charge on any atom is -0.325 e. The van der Waals surface area contributed by atoms with Gasteiger partial charge < -0.3 is 5.32 Å².